The molecule has 1 aliphatic heterocycles. The molecule has 1 heterocycles. The van der Waals surface area contributed by atoms with Gasteiger partial charge in [0.15, 0.2) is 0 Å². The van der Waals surface area contributed by atoms with E-state index in [1.165, 1.54) is 25.9 Å². The largest absolute Gasteiger partial charge is 0.494 e. The zero-order valence-electron chi connectivity index (χ0n) is 10.8. The van der Waals surface area contributed by atoms with Crippen LogP contribution in [0.25, 0.3) is 0 Å². The number of hydrogen-bond acceptors (Lipinski definition) is 3. The monoisotopic (exact) mass is 244 g/mol. The molecule has 0 amide bonds. The number of nitrogens with zero attached hydrogens (tertiary/aromatic N) is 2. The average molecular weight is 244 g/mol. The van der Waals surface area contributed by atoms with Crippen molar-refractivity contribution in [2.24, 2.45) is 0 Å². The molecule has 3 nitrogen and oxygen atoms in total. The van der Waals surface area contributed by atoms with Gasteiger partial charge in [-0.3, -0.25) is 0 Å². The molecule has 0 unspecified atom stereocenters. The molecule has 1 aliphatic rings. The van der Waals surface area contributed by atoms with Gasteiger partial charge in [0.05, 0.1) is 19.1 Å². The molecule has 0 N–H and O–H groups in total. The molecule has 1 aromatic rings. The van der Waals surface area contributed by atoms with Crippen molar-refractivity contribution in [3.05, 3.63) is 29.8 Å². The van der Waals surface area contributed by atoms with Gasteiger partial charge in [-0.05, 0) is 50.0 Å². The van der Waals surface area contributed by atoms with Gasteiger partial charge in [-0.25, -0.2) is 0 Å². The van der Waals surface area contributed by atoms with Crippen LogP contribution in [0.2, 0.25) is 0 Å². The molecule has 96 valence electrons. The maximum atomic E-state index is 8.58. The van der Waals surface area contributed by atoms with Gasteiger partial charge in [-0.2, -0.15) is 5.26 Å². The summed E-state index contributed by atoms with van der Waals surface area (Å²) < 4.78 is 5.69. The molecule has 0 bridgehead atoms. The Morgan fingerprint density at radius 2 is 1.89 bits per heavy atom. The molecule has 1 aromatic carbocycles. The van der Waals surface area contributed by atoms with Crippen LogP contribution in [-0.2, 0) is 6.42 Å². The Bertz CT molecular complexity index is 388. The van der Waals surface area contributed by atoms with E-state index in [0.29, 0.717) is 6.42 Å². The predicted octanol–water partition coefficient (Wildman–Crippen LogP) is 2.62. The quantitative estimate of drug-likeness (QED) is 0.722. The van der Waals surface area contributed by atoms with E-state index in [2.05, 4.69) is 11.0 Å². The van der Waals surface area contributed by atoms with E-state index >= 15 is 0 Å². The molecule has 18 heavy (non-hydrogen) atoms. The molecule has 0 radical (unpaired) electrons. The van der Waals surface area contributed by atoms with Crippen LogP contribution >= 0.6 is 0 Å². The van der Waals surface area contributed by atoms with E-state index in [1.807, 2.05) is 24.3 Å². The first kappa shape index (κ1) is 12.9. The number of nitriles is 1. The van der Waals surface area contributed by atoms with Gasteiger partial charge in [0.2, 0.25) is 0 Å². The second-order valence-corrected chi connectivity index (χ2v) is 4.73. The smallest absolute Gasteiger partial charge is 0.119 e. The lowest BCUT2D eigenvalue weighted by Crippen LogP contribution is -2.21. The summed E-state index contributed by atoms with van der Waals surface area (Å²) in [7, 11) is 0. The highest BCUT2D eigenvalue weighted by molar-refractivity contribution is 5.28. The van der Waals surface area contributed by atoms with Crippen LogP contribution in [0.1, 0.15) is 24.8 Å². The SMILES string of the molecule is N#CCc1ccc(OCCCN2CCCC2)cc1. The van der Waals surface area contributed by atoms with Crippen molar-refractivity contribution in [3.63, 3.8) is 0 Å². The minimum atomic E-state index is 0.467. The van der Waals surface area contributed by atoms with Crippen LogP contribution in [0.15, 0.2) is 24.3 Å². The van der Waals surface area contributed by atoms with E-state index in [9.17, 15) is 0 Å². The maximum Gasteiger partial charge on any atom is 0.119 e. The summed E-state index contributed by atoms with van der Waals surface area (Å²) in [6.07, 6.45) is 4.25. The Labute approximate surface area is 109 Å². The topological polar surface area (TPSA) is 36.3 Å². The average Bonchev–Trinajstić information content (AvgIpc) is 2.90. The van der Waals surface area contributed by atoms with Crippen molar-refractivity contribution < 1.29 is 4.74 Å². The van der Waals surface area contributed by atoms with Crippen LogP contribution in [-0.4, -0.2) is 31.1 Å². The summed E-state index contributed by atoms with van der Waals surface area (Å²) in [6, 6.07) is 9.95. The molecule has 0 spiro atoms. The van der Waals surface area contributed by atoms with Crippen molar-refractivity contribution in [3.8, 4) is 11.8 Å². The lowest BCUT2D eigenvalue weighted by molar-refractivity contribution is 0.263. The second-order valence-electron chi connectivity index (χ2n) is 4.73. The van der Waals surface area contributed by atoms with Crippen LogP contribution in [0.4, 0.5) is 0 Å². The van der Waals surface area contributed by atoms with Gasteiger partial charge in [-0.15, -0.1) is 0 Å². The van der Waals surface area contributed by atoms with Crippen molar-refractivity contribution in [1.82, 2.24) is 4.90 Å². The fourth-order valence-electron chi connectivity index (χ4n) is 2.28. The van der Waals surface area contributed by atoms with E-state index in [4.69, 9.17) is 10.00 Å². The Hall–Kier alpha value is -1.53. The van der Waals surface area contributed by atoms with Gasteiger partial charge < -0.3 is 9.64 Å². The minimum Gasteiger partial charge on any atom is -0.494 e. The summed E-state index contributed by atoms with van der Waals surface area (Å²) in [5.74, 6) is 0.901. The Kier molecular flexibility index (Phi) is 5.04. The van der Waals surface area contributed by atoms with E-state index in [-0.39, 0.29) is 0 Å². The number of rotatable bonds is 6. The van der Waals surface area contributed by atoms with Crippen molar-refractivity contribution in [2.75, 3.05) is 26.2 Å². The first-order valence-corrected chi connectivity index (χ1v) is 6.69. The first-order valence-electron chi connectivity index (χ1n) is 6.69. The molecule has 0 atom stereocenters. The van der Waals surface area contributed by atoms with E-state index in [0.717, 1.165) is 30.9 Å². The second kappa shape index (κ2) is 7.03. The van der Waals surface area contributed by atoms with Gasteiger partial charge in [0.25, 0.3) is 0 Å². The molecule has 0 aliphatic carbocycles. The highest BCUT2D eigenvalue weighted by Crippen LogP contribution is 2.13. The third kappa shape index (κ3) is 4.05. The van der Waals surface area contributed by atoms with Gasteiger partial charge in [0.1, 0.15) is 5.75 Å². The third-order valence-electron chi connectivity index (χ3n) is 3.29. The number of hydrogen-bond donors (Lipinski definition) is 0. The van der Waals surface area contributed by atoms with Crippen LogP contribution in [0, 0.1) is 11.3 Å². The minimum absolute atomic E-state index is 0.467. The summed E-state index contributed by atoms with van der Waals surface area (Å²) in [5, 5.41) is 8.58. The standard InChI is InChI=1S/C15H20N2O/c16-9-8-14-4-6-15(7-5-14)18-13-3-12-17-10-1-2-11-17/h4-7H,1-3,8,10-13H2. The number of benzene rings is 1. The van der Waals surface area contributed by atoms with Crippen LogP contribution in [0.3, 0.4) is 0 Å². The Morgan fingerprint density at radius 1 is 1.17 bits per heavy atom. The summed E-state index contributed by atoms with van der Waals surface area (Å²) in [6.45, 7) is 4.42. The zero-order valence-corrected chi connectivity index (χ0v) is 10.8. The lowest BCUT2D eigenvalue weighted by atomic mass is 10.2. The highest BCUT2D eigenvalue weighted by Gasteiger charge is 2.10. The highest BCUT2D eigenvalue weighted by atomic mass is 16.5. The molecule has 1 fully saturated rings. The molecular formula is C15H20N2O. The summed E-state index contributed by atoms with van der Waals surface area (Å²) in [5.41, 5.74) is 1.04. The predicted molar refractivity (Wildman–Crippen MR) is 71.5 cm³/mol. The Balaban J connectivity index is 1.65. The summed E-state index contributed by atoms with van der Waals surface area (Å²) >= 11 is 0. The summed E-state index contributed by atoms with van der Waals surface area (Å²) in [4.78, 5) is 2.50. The van der Waals surface area contributed by atoms with Gasteiger partial charge in [0, 0.05) is 6.54 Å². The molecule has 0 aromatic heterocycles. The fourth-order valence-corrected chi connectivity index (χ4v) is 2.28. The van der Waals surface area contributed by atoms with Gasteiger partial charge in [-0.1, -0.05) is 12.1 Å². The normalized spacial score (nSPS) is 15.5. The van der Waals surface area contributed by atoms with E-state index < -0.39 is 0 Å². The van der Waals surface area contributed by atoms with Crippen LogP contribution < -0.4 is 4.74 Å². The molecule has 0 saturated carbocycles. The molecule has 3 heteroatoms. The number of likely N-dealkylation sites (tertiary alicyclic amines) is 1. The zero-order chi connectivity index (χ0) is 12.6. The molecule has 1 saturated heterocycles. The Morgan fingerprint density at radius 3 is 2.56 bits per heavy atom. The third-order valence-corrected chi connectivity index (χ3v) is 3.29. The fraction of sp³-hybridized carbons (Fsp3) is 0.533. The van der Waals surface area contributed by atoms with Gasteiger partial charge >= 0.3 is 0 Å². The first-order chi connectivity index (χ1) is 8.88. The van der Waals surface area contributed by atoms with E-state index in [1.54, 1.807) is 0 Å². The molecular weight excluding hydrogens is 224 g/mol. The number of ether oxygens (including phenoxy) is 1. The molecule has 2 rings (SSSR count). The lowest BCUT2D eigenvalue weighted by Gasteiger charge is -2.14. The van der Waals surface area contributed by atoms with Crippen LogP contribution in [0.5, 0.6) is 5.75 Å². The van der Waals surface area contributed by atoms with Crippen molar-refractivity contribution in [1.29, 1.82) is 5.26 Å². The van der Waals surface area contributed by atoms with Crippen molar-refractivity contribution in [2.45, 2.75) is 25.7 Å². The van der Waals surface area contributed by atoms with Crippen molar-refractivity contribution >= 4 is 0 Å². The maximum absolute atomic E-state index is 8.58.